The van der Waals surface area contributed by atoms with E-state index in [-0.39, 0.29) is 28.3 Å². The number of nitrogens with two attached hydrogens (primary N) is 1. The van der Waals surface area contributed by atoms with Gasteiger partial charge in [-0.05, 0) is 61.9 Å². The van der Waals surface area contributed by atoms with Gasteiger partial charge in [0.1, 0.15) is 28.2 Å². The quantitative estimate of drug-likeness (QED) is 0.227. The van der Waals surface area contributed by atoms with Crippen LogP contribution in [-0.4, -0.2) is 16.7 Å². The van der Waals surface area contributed by atoms with Crippen LogP contribution in [0.25, 0.3) is 17.4 Å². The monoisotopic (exact) mass is 476 g/mol. The number of nitro benzene ring substituents is 1. The number of fused-ring (bicyclic) bond motifs is 1. The van der Waals surface area contributed by atoms with Crippen LogP contribution in [0, 0.1) is 28.4 Å². The fourth-order valence-corrected chi connectivity index (χ4v) is 5.24. The predicted octanol–water partition coefficient (Wildman–Crippen LogP) is 4.75. The lowest BCUT2D eigenvalue weighted by Gasteiger charge is -2.11. The topological polar surface area (TPSA) is 152 Å². The maximum absolute atomic E-state index is 12.8. The van der Waals surface area contributed by atoms with E-state index < -0.39 is 16.7 Å². The molecular weight excluding hydrogens is 456 g/mol. The van der Waals surface area contributed by atoms with Crippen LogP contribution in [0.4, 0.5) is 10.7 Å². The molecule has 34 heavy (non-hydrogen) atoms. The Balaban J connectivity index is 1.61. The molecule has 3 N–H and O–H groups in total. The Labute approximate surface area is 198 Å². The van der Waals surface area contributed by atoms with Gasteiger partial charge in [-0.15, -0.1) is 11.3 Å². The molecule has 1 aromatic carbocycles. The SMILES string of the molecule is Cc1ccc(-c2ccc(/C=C(\C#N)C(=O)Nc3sc4c(c3C(N)=O)CCCC4)o2)c([N+](=O)[O-])c1. The van der Waals surface area contributed by atoms with E-state index in [0.717, 1.165) is 41.7 Å². The summed E-state index contributed by atoms with van der Waals surface area (Å²) < 4.78 is 5.68. The summed E-state index contributed by atoms with van der Waals surface area (Å²) in [7, 11) is 0. The molecule has 0 atom stereocenters. The number of thiophene rings is 1. The number of furan rings is 1. The maximum atomic E-state index is 12.8. The van der Waals surface area contributed by atoms with E-state index in [1.807, 2.05) is 6.07 Å². The molecule has 0 aliphatic heterocycles. The summed E-state index contributed by atoms with van der Waals surface area (Å²) in [5.41, 5.74) is 7.40. The number of carbonyl (C=O) groups excluding carboxylic acids is 2. The lowest BCUT2D eigenvalue weighted by Crippen LogP contribution is -2.19. The minimum atomic E-state index is -0.706. The van der Waals surface area contributed by atoms with E-state index in [4.69, 9.17) is 10.2 Å². The Morgan fingerprint density at radius 3 is 2.74 bits per heavy atom. The minimum absolute atomic E-state index is 0.108. The molecule has 0 spiro atoms. The Morgan fingerprint density at radius 2 is 2.03 bits per heavy atom. The van der Waals surface area contributed by atoms with Gasteiger partial charge in [0.25, 0.3) is 17.5 Å². The third-order valence-corrected chi connectivity index (χ3v) is 6.75. The fraction of sp³-hybridized carbons (Fsp3) is 0.208. The molecule has 0 fully saturated rings. The van der Waals surface area contributed by atoms with Crippen molar-refractivity contribution in [2.75, 3.05) is 5.32 Å². The lowest BCUT2D eigenvalue weighted by molar-refractivity contribution is -0.384. The Kier molecular flexibility index (Phi) is 6.30. The van der Waals surface area contributed by atoms with Crippen molar-refractivity contribution >= 4 is 39.9 Å². The third-order valence-electron chi connectivity index (χ3n) is 5.54. The van der Waals surface area contributed by atoms with Crippen molar-refractivity contribution in [3.63, 3.8) is 0 Å². The number of carbonyl (C=O) groups is 2. The second-order valence-corrected chi connectivity index (χ2v) is 8.99. The Bertz CT molecular complexity index is 1390. The van der Waals surface area contributed by atoms with E-state index in [9.17, 15) is 25.0 Å². The van der Waals surface area contributed by atoms with Crippen LogP contribution in [0.1, 0.15) is 45.0 Å². The zero-order valence-corrected chi connectivity index (χ0v) is 19.0. The molecule has 2 aromatic heterocycles. The minimum Gasteiger partial charge on any atom is -0.456 e. The van der Waals surface area contributed by atoms with Gasteiger partial charge in [0.2, 0.25) is 0 Å². The molecule has 1 aliphatic rings. The number of nitrogens with zero attached hydrogens (tertiary/aromatic N) is 2. The summed E-state index contributed by atoms with van der Waals surface area (Å²) in [6.45, 7) is 1.75. The van der Waals surface area contributed by atoms with Gasteiger partial charge in [0, 0.05) is 17.0 Å². The first kappa shape index (κ1) is 22.9. The summed E-state index contributed by atoms with van der Waals surface area (Å²) in [6, 6.07) is 9.64. The molecule has 9 nitrogen and oxygen atoms in total. The first-order valence-corrected chi connectivity index (χ1v) is 11.3. The number of nitro groups is 1. The number of amides is 2. The van der Waals surface area contributed by atoms with Gasteiger partial charge in [0.15, 0.2) is 0 Å². The average molecular weight is 477 g/mol. The lowest BCUT2D eigenvalue weighted by atomic mass is 9.95. The summed E-state index contributed by atoms with van der Waals surface area (Å²) >= 11 is 1.30. The van der Waals surface area contributed by atoms with Crippen LogP contribution in [0.2, 0.25) is 0 Å². The highest BCUT2D eigenvalue weighted by molar-refractivity contribution is 7.17. The van der Waals surface area contributed by atoms with E-state index in [1.165, 1.54) is 35.6 Å². The van der Waals surface area contributed by atoms with Crippen LogP contribution in [0.5, 0.6) is 0 Å². The first-order chi connectivity index (χ1) is 16.3. The van der Waals surface area contributed by atoms with Crippen LogP contribution < -0.4 is 11.1 Å². The molecule has 0 unspecified atom stereocenters. The van der Waals surface area contributed by atoms with Crippen LogP contribution in [-0.2, 0) is 17.6 Å². The predicted molar refractivity (Wildman–Crippen MR) is 127 cm³/mol. The van der Waals surface area contributed by atoms with Gasteiger partial charge in [-0.1, -0.05) is 6.07 Å². The number of aryl methyl sites for hydroxylation is 2. The molecule has 1 aliphatic carbocycles. The van der Waals surface area contributed by atoms with Gasteiger partial charge in [0.05, 0.1) is 16.1 Å². The molecule has 4 rings (SSSR count). The van der Waals surface area contributed by atoms with Crippen molar-refractivity contribution in [3.05, 3.63) is 73.3 Å². The van der Waals surface area contributed by atoms with Gasteiger partial charge < -0.3 is 15.5 Å². The maximum Gasteiger partial charge on any atom is 0.280 e. The zero-order valence-electron chi connectivity index (χ0n) is 18.2. The largest absolute Gasteiger partial charge is 0.456 e. The molecule has 0 radical (unpaired) electrons. The summed E-state index contributed by atoms with van der Waals surface area (Å²) in [4.78, 5) is 36.8. The van der Waals surface area contributed by atoms with Gasteiger partial charge in [-0.25, -0.2) is 0 Å². The van der Waals surface area contributed by atoms with E-state index in [1.54, 1.807) is 19.1 Å². The number of primary amides is 1. The molecular formula is C24H20N4O5S. The fourth-order valence-electron chi connectivity index (χ4n) is 3.95. The molecule has 10 heteroatoms. The molecule has 172 valence electrons. The molecule has 3 aromatic rings. The number of hydrogen-bond acceptors (Lipinski definition) is 7. The van der Waals surface area contributed by atoms with Gasteiger partial charge in [-0.2, -0.15) is 5.26 Å². The van der Waals surface area contributed by atoms with Crippen molar-refractivity contribution in [3.8, 4) is 17.4 Å². The number of nitrogens with one attached hydrogen (secondary N) is 1. The highest BCUT2D eigenvalue weighted by Crippen LogP contribution is 2.38. The Hall–Kier alpha value is -4.23. The number of hydrogen-bond donors (Lipinski definition) is 2. The molecule has 2 heterocycles. The molecule has 0 saturated carbocycles. The number of nitriles is 1. The smallest absolute Gasteiger partial charge is 0.280 e. The summed E-state index contributed by atoms with van der Waals surface area (Å²) in [6.07, 6.45) is 4.73. The van der Waals surface area contributed by atoms with E-state index >= 15 is 0 Å². The molecule has 0 saturated heterocycles. The Morgan fingerprint density at radius 1 is 1.26 bits per heavy atom. The first-order valence-electron chi connectivity index (χ1n) is 10.5. The highest BCUT2D eigenvalue weighted by Gasteiger charge is 2.26. The van der Waals surface area contributed by atoms with Crippen molar-refractivity contribution in [2.24, 2.45) is 5.73 Å². The second-order valence-electron chi connectivity index (χ2n) is 7.88. The van der Waals surface area contributed by atoms with Crippen molar-refractivity contribution in [1.82, 2.24) is 0 Å². The third kappa shape index (κ3) is 4.46. The van der Waals surface area contributed by atoms with Crippen molar-refractivity contribution in [1.29, 1.82) is 5.26 Å². The number of rotatable bonds is 6. The van der Waals surface area contributed by atoms with Crippen LogP contribution in [0.3, 0.4) is 0 Å². The van der Waals surface area contributed by atoms with Crippen molar-refractivity contribution in [2.45, 2.75) is 32.6 Å². The van der Waals surface area contributed by atoms with Gasteiger partial charge >= 0.3 is 0 Å². The van der Waals surface area contributed by atoms with Crippen LogP contribution >= 0.6 is 11.3 Å². The zero-order chi connectivity index (χ0) is 24.4. The molecule has 2 amide bonds. The highest BCUT2D eigenvalue weighted by atomic mass is 32.1. The average Bonchev–Trinajstić information content (AvgIpc) is 3.41. The van der Waals surface area contributed by atoms with Crippen molar-refractivity contribution < 1.29 is 18.9 Å². The van der Waals surface area contributed by atoms with E-state index in [2.05, 4.69) is 5.32 Å². The second kappa shape index (κ2) is 9.33. The van der Waals surface area contributed by atoms with E-state index in [0.29, 0.717) is 10.6 Å². The summed E-state index contributed by atoms with van der Waals surface area (Å²) in [5.74, 6) is -0.912. The normalized spacial score (nSPS) is 13.1. The molecule has 0 bridgehead atoms. The number of anilines is 1. The van der Waals surface area contributed by atoms with Gasteiger partial charge in [-0.3, -0.25) is 19.7 Å². The standard InChI is InChI=1S/C24H20N4O5S/c1-13-6-8-16(18(10-13)28(31)32)19-9-7-15(33-19)11-14(12-25)23(30)27-24-21(22(26)29)17-4-2-3-5-20(17)34-24/h6-11H,2-5H2,1H3,(H2,26,29)(H,27,30)/b14-11+. The van der Waals surface area contributed by atoms with Crippen LogP contribution in [0.15, 0.2) is 40.3 Å². The number of benzene rings is 1. The summed E-state index contributed by atoms with van der Waals surface area (Å²) in [5, 5.41) is 23.9.